The second-order valence-electron chi connectivity index (χ2n) is 12.0. The molecule has 2 fully saturated rings. The number of benzene rings is 1. The van der Waals surface area contributed by atoms with Crippen molar-refractivity contribution >= 4 is 23.5 Å². The first-order chi connectivity index (χ1) is 18.7. The number of nitrogens with one attached hydrogen (secondary N) is 3. The fraction of sp³-hybridized carbons (Fsp3) is 0.548. The molecule has 1 aromatic carbocycles. The Morgan fingerprint density at radius 3 is 2.64 bits per heavy atom. The van der Waals surface area contributed by atoms with Crippen LogP contribution in [0, 0.1) is 16.7 Å². The Morgan fingerprint density at radius 2 is 1.95 bits per heavy atom. The van der Waals surface area contributed by atoms with E-state index in [1.807, 2.05) is 12.1 Å². The minimum atomic E-state index is -1.02. The lowest BCUT2D eigenvalue weighted by Gasteiger charge is -2.37. The molecule has 39 heavy (non-hydrogen) atoms. The summed E-state index contributed by atoms with van der Waals surface area (Å²) in [6.45, 7) is 5.73. The summed E-state index contributed by atoms with van der Waals surface area (Å²) in [5, 5.41) is 18.9. The van der Waals surface area contributed by atoms with Crippen molar-refractivity contribution in [3.63, 3.8) is 0 Å². The monoisotopic (exact) mass is 532 g/mol. The molecule has 2 saturated carbocycles. The molecule has 2 heterocycles. The van der Waals surface area contributed by atoms with Crippen molar-refractivity contribution in [3.8, 4) is 0 Å². The van der Waals surface area contributed by atoms with Gasteiger partial charge in [0.2, 0.25) is 0 Å². The van der Waals surface area contributed by atoms with E-state index in [1.165, 1.54) is 5.56 Å². The van der Waals surface area contributed by atoms with Crippen molar-refractivity contribution in [3.05, 3.63) is 58.8 Å². The van der Waals surface area contributed by atoms with Gasteiger partial charge >= 0.3 is 5.97 Å². The van der Waals surface area contributed by atoms with Crippen molar-refractivity contribution in [1.29, 1.82) is 0 Å². The van der Waals surface area contributed by atoms with Gasteiger partial charge in [-0.1, -0.05) is 32.0 Å². The minimum absolute atomic E-state index is 0.0269. The predicted octanol–water partition coefficient (Wildman–Crippen LogP) is 3.78. The SMILES string of the molecule is CC1(C)C2CCC1(CCNC(CNC(=O)c1ccc(CCc3ccc4c(n3)NCCC4)cc1)C(=O)O)C(=O)C2. The highest BCUT2D eigenvalue weighted by atomic mass is 16.4. The van der Waals surface area contributed by atoms with Crippen LogP contribution in [-0.4, -0.2) is 53.4 Å². The van der Waals surface area contributed by atoms with Gasteiger partial charge in [-0.2, -0.15) is 0 Å². The van der Waals surface area contributed by atoms with Gasteiger partial charge in [0, 0.05) is 36.2 Å². The quantitative estimate of drug-likeness (QED) is 0.348. The smallest absolute Gasteiger partial charge is 0.322 e. The first kappa shape index (κ1) is 27.3. The number of carboxylic acid groups (broad SMARTS) is 1. The third-order valence-electron chi connectivity index (χ3n) is 9.68. The van der Waals surface area contributed by atoms with Crippen molar-refractivity contribution in [1.82, 2.24) is 15.6 Å². The number of rotatable bonds is 11. The molecule has 0 spiro atoms. The van der Waals surface area contributed by atoms with E-state index in [2.05, 4.69) is 41.9 Å². The van der Waals surface area contributed by atoms with Gasteiger partial charge in [0.05, 0.1) is 0 Å². The summed E-state index contributed by atoms with van der Waals surface area (Å²) in [5.74, 6) is 0.438. The maximum atomic E-state index is 12.7. The standard InChI is InChI=1S/C31H40N4O4/c1-30(2)23-13-14-31(30,26(36)18-23)15-17-32-25(29(38)39)19-34-28(37)22-8-5-20(6-9-22)7-11-24-12-10-21-4-3-16-33-27(21)35-24/h5-6,8-10,12,23,25,32H,3-4,7,11,13-19H2,1-2H3,(H,33,35)(H,34,37)(H,38,39). The molecule has 1 aliphatic heterocycles. The average Bonchev–Trinajstić information content (AvgIpc) is 3.28. The van der Waals surface area contributed by atoms with Gasteiger partial charge in [-0.3, -0.25) is 14.4 Å². The summed E-state index contributed by atoms with van der Waals surface area (Å²) in [7, 11) is 0. The molecule has 2 aromatic rings. The Hall–Kier alpha value is -3.26. The molecule has 208 valence electrons. The number of hydrogen-bond acceptors (Lipinski definition) is 6. The molecule has 2 bridgehead atoms. The van der Waals surface area contributed by atoms with E-state index >= 15 is 0 Å². The number of aromatic nitrogens is 1. The number of hydrogen-bond donors (Lipinski definition) is 4. The summed E-state index contributed by atoms with van der Waals surface area (Å²) in [6, 6.07) is 10.8. The molecule has 5 rings (SSSR count). The van der Waals surface area contributed by atoms with E-state index in [0.29, 0.717) is 36.7 Å². The normalized spacial score (nSPS) is 23.6. The Balaban J connectivity index is 1.09. The van der Waals surface area contributed by atoms with E-state index in [0.717, 1.165) is 62.1 Å². The third kappa shape index (κ3) is 5.44. The van der Waals surface area contributed by atoms with E-state index in [4.69, 9.17) is 4.98 Å². The van der Waals surface area contributed by atoms with Crippen molar-refractivity contribution in [2.75, 3.05) is 25.0 Å². The van der Waals surface area contributed by atoms with Crippen molar-refractivity contribution in [2.24, 2.45) is 16.7 Å². The second kappa shape index (κ2) is 11.1. The molecule has 8 nitrogen and oxygen atoms in total. The van der Waals surface area contributed by atoms with Gasteiger partial charge in [0.1, 0.15) is 17.6 Å². The number of aliphatic carboxylic acids is 1. The van der Waals surface area contributed by atoms with Crippen LogP contribution in [0.2, 0.25) is 0 Å². The van der Waals surface area contributed by atoms with Crippen LogP contribution in [0.25, 0.3) is 0 Å². The molecule has 3 unspecified atom stereocenters. The maximum absolute atomic E-state index is 12.7. The maximum Gasteiger partial charge on any atom is 0.322 e. The van der Waals surface area contributed by atoms with Gasteiger partial charge < -0.3 is 21.1 Å². The number of aryl methyl sites for hydroxylation is 3. The minimum Gasteiger partial charge on any atom is -0.480 e. The molecule has 0 saturated heterocycles. The number of Topliss-reactive ketones (excluding diaryl/α,β-unsaturated/α-hetero) is 1. The second-order valence-corrected chi connectivity index (χ2v) is 12.0. The fourth-order valence-electron chi connectivity index (χ4n) is 6.96. The number of amides is 1. The van der Waals surface area contributed by atoms with Crippen molar-refractivity contribution in [2.45, 2.75) is 71.3 Å². The number of fused-ring (bicyclic) bond motifs is 3. The van der Waals surface area contributed by atoms with Crippen LogP contribution in [0.5, 0.6) is 0 Å². The van der Waals surface area contributed by atoms with E-state index in [-0.39, 0.29) is 23.3 Å². The zero-order chi connectivity index (χ0) is 27.6. The summed E-state index contributed by atoms with van der Waals surface area (Å²) < 4.78 is 0. The van der Waals surface area contributed by atoms with Crippen molar-refractivity contribution < 1.29 is 19.5 Å². The molecule has 1 aromatic heterocycles. The number of anilines is 1. The number of pyridine rings is 1. The zero-order valence-corrected chi connectivity index (χ0v) is 23.0. The molecule has 3 atom stereocenters. The molecular weight excluding hydrogens is 492 g/mol. The number of nitrogens with zero attached hydrogens (tertiary/aromatic N) is 1. The fourth-order valence-corrected chi connectivity index (χ4v) is 6.96. The van der Waals surface area contributed by atoms with Gasteiger partial charge in [-0.05, 0) is 92.1 Å². The van der Waals surface area contributed by atoms with Crippen LogP contribution in [0.4, 0.5) is 5.82 Å². The molecule has 0 radical (unpaired) electrons. The first-order valence-electron chi connectivity index (χ1n) is 14.3. The highest BCUT2D eigenvalue weighted by molar-refractivity contribution is 5.94. The number of carbonyl (C=O) groups excluding carboxylic acids is 2. The van der Waals surface area contributed by atoms with Gasteiger partial charge in [-0.15, -0.1) is 0 Å². The van der Waals surface area contributed by atoms with Crippen LogP contribution in [0.15, 0.2) is 36.4 Å². The molecule has 8 heteroatoms. The molecular formula is C31H40N4O4. The summed E-state index contributed by atoms with van der Waals surface area (Å²) in [5.41, 5.74) is 3.53. The average molecular weight is 533 g/mol. The summed E-state index contributed by atoms with van der Waals surface area (Å²) in [4.78, 5) is 42.1. The highest BCUT2D eigenvalue weighted by Crippen LogP contribution is 2.65. The number of carbonyl (C=O) groups is 3. The molecule has 2 aliphatic carbocycles. The zero-order valence-electron chi connectivity index (χ0n) is 23.0. The first-order valence-corrected chi connectivity index (χ1v) is 14.3. The lowest BCUT2D eigenvalue weighted by Crippen LogP contribution is -2.48. The molecule has 4 N–H and O–H groups in total. The highest BCUT2D eigenvalue weighted by Gasteiger charge is 2.63. The number of ketones is 1. The topological polar surface area (TPSA) is 120 Å². The Labute approximate surface area is 230 Å². The number of carboxylic acids is 1. The van der Waals surface area contributed by atoms with Crippen LogP contribution in [0.3, 0.4) is 0 Å². The summed E-state index contributed by atoms with van der Waals surface area (Å²) >= 11 is 0. The third-order valence-corrected chi connectivity index (χ3v) is 9.68. The van der Waals surface area contributed by atoms with E-state index in [1.54, 1.807) is 12.1 Å². The summed E-state index contributed by atoms with van der Waals surface area (Å²) in [6.07, 6.45) is 7.08. The van der Waals surface area contributed by atoms with Crippen LogP contribution in [0.1, 0.15) is 73.1 Å². The van der Waals surface area contributed by atoms with E-state index < -0.39 is 12.0 Å². The Bertz CT molecular complexity index is 1240. The lowest BCUT2D eigenvalue weighted by atomic mass is 9.67. The predicted molar refractivity (Wildman–Crippen MR) is 150 cm³/mol. The van der Waals surface area contributed by atoms with Crippen LogP contribution in [-0.2, 0) is 28.9 Å². The molecule has 1 amide bonds. The van der Waals surface area contributed by atoms with E-state index in [9.17, 15) is 19.5 Å². The molecule has 3 aliphatic rings. The largest absolute Gasteiger partial charge is 0.480 e. The van der Waals surface area contributed by atoms with Gasteiger partial charge in [0.25, 0.3) is 5.91 Å². The van der Waals surface area contributed by atoms with Gasteiger partial charge in [-0.25, -0.2) is 4.98 Å². The van der Waals surface area contributed by atoms with Crippen LogP contribution < -0.4 is 16.0 Å². The van der Waals surface area contributed by atoms with Gasteiger partial charge in [0.15, 0.2) is 0 Å². The Morgan fingerprint density at radius 1 is 1.15 bits per heavy atom. The Kier molecular flexibility index (Phi) is 7.76. The van der Waals surface area contributed by atoms with Crippen LogP contribution >= 0.6 is 0 Å². The lowest BCUT2D eigenvalue weighted by molar-refractivity contribution is -0.139.